The normalized spacial score (nSPS) is 11.2. The number of nitro benzene ring substituents is 1. The number of hydrogen-bond acceptors (Lipinski definition) is 6. The van der Waals surface area contributed by atoms with Crippen molar-refractivity contribution in [1.29, 1.82) is 0 Å². The van der Waals surface area contributed by atoms with Crippen LogP contribution in [0.25, 0.3) is 0 Å². The summed E-state index contributed by atoms with van der Waals surface area (Å²) in [4.78, 5) is 35.6. The van der Waals surface area contributed by atoms with Gasteiger partial charge in [-0.3, -0.25) is 19.7 Å². The van der Waals surface area contributed by atoms with Gasteiger partial charge in [-0.05, 0) is 30.7 Å². The van der Waals surface area contributed by atoms with Crippen LogP contribution in [0.1, 0.15) is 28.9 Å². The lowest BCUT2D eigenvalue weighted by molar-refractivity contribution is -0.385. The van der Waals surface area contributed by atoms with Crippen molar-refractivity contribution in [2.75, 3.05) is 19.0 Å². The molecule has 0 spiro atoms. The van der Waals surface area contributed by atoms with E-state index in [1.54, 1.807) is 24.3 Å². The average Bonchev–Trinajstić information content (AvgIpc) is 2.83. The molecule has 9 nitrogen and oxygen atoms in total. The molecule has 33 heavy (non-hydrogen) atoms. The fourth-order valence-corrected chi connectivity index (χ4v) is 3.12. The molecule has 2 amide bonds. The monoisotopic (exact) mass is 449 g/mol. The number of ether oxygens (including phenoxy) is 2. The number of amides is 2. The van der Waals surface area contributed by atoms with E-state index in [-0.39, 0.29) is 35.7 Å². The molecule has 0 bridgehead atoms. The first-order valence-electron chi connectivity index (χ1n) is 10.1. The molecule has 0 aliphatic carbocycles. The molecule has 3 aromatic carbocycles. The van der Waals surface area contributed by atoms with Crippen molar-refractivity contribution >= 4 is 23.2 Å². The Hall–Kier alpha value is -4.40. The van der Waals surface area contributed by atoms with E-state index < -0.39 is 10.8 Å². The molecule has 1 unspecified atom stereocenters. The Balaban J connectivity index is 1.64. The lowest BCUT2D eigenvalue weighted by Crippen LogP contribution is -2.28. The number of benzene rings is 3. The molecule has 2 N–H and O–H groups in total. The number of nitrogens with one attached hydrogen (secondary N) is 2. The number of anilines is 1. The van der Waals surface area contributed by atoms with Crippen molar-refractivity contribution in [2.24, 2.45) is 0 Å². The Kier molecular flexibility index (Phi) is 7.59. The van der Waals surface area contributed by atoms with E-state index in [1.165, 1.54) is 25.3 Å². The van der Waals surface area contributed by atoms with Crippen LogP contribution in [0.15, 0.2) is 72.8 Å². The maximum atomic E-state index is 12.8. The molecule has 9 heteroatoms. The molecule has 0 radical (unpaired) electrons. The van der Waals surface area contributed by atoms with Crippen molar-refractivity contribution in [3.63, 3.8) is 0 Å². The molecule has 0 aliphatic rings. The zero-order valence-electron chi connectivity index (χ0n) is 18.1. The van der Waals surface area contributed by atoms with Crippen LogP contribution in [-0.4, -0.2) is 30.5 Å². The number of carbonyl (C=O) groups excluding carboxylic acids is 2. The van der Waals surface area contributed by atoms with Crippen molar-refractivity contribution < 1.29 is 24.0 Å². The maximum Gasteiger partial charge on any atom is 0.311 e. The molecular weight excluding hydrogens is 426 g/mol. The van der Waals surface area contributed by atoms with Gasteiger partial charge in [0, 0.05) is 12.1 Å². The predicted octanol–water partition coefficient (Wildman–Crippen LogP) is 4.11. The summed E-state index contributed by atoms with van der Waals surface area (Å²) in [7, 11) is 1.31. The van der Waals surface area contributed by atoms with Gasteiger partial charge >= 0.3 is 5.69 Å². The molecule has 0 saturated carbocycles. The van der Waals surface area contributed by atoms with Crippen LogP contribution in [0.5, 0.6) is 11.5 Å². The summed E-state index contributed by atoms with van der Waals surface area (Å²) in [6.07, 6.45) is 0. The molecule has 3 aromatic rings. The molecule has 0 aromatic heterocycles. The van der Waals surface area contributed by atoms with Gasteiger partial charge in [-0.1, -0.05) is 42.5 Å². The molecule has 0 saturated heterocycles. The highest BCUT2D eigenvalue weighted by Gasteiger charge is 2.18. The number of hydrogen-bond donors (Lipinski definition) is 2. The summed E-state index contributed by atoms with van der Waals surface area (Å²) >= 11 is 0. The minimum absolute atomic E-state index is 0.0208. The second-order valence-electron chi connectivity index (χ2n) is 7.08. The summed E-state index contributed by atoms with van der Waals surface area (Å²) in [5, 5.41) is 16.6. The highest BCUT2D eigenvalue weighted by atomic mass is 16.6. The summed E-state index contributed by atoms with van der Waals surface area (Å²) < 4.78 is 10.4. The Morgan fingerprint density at radius 3 is 2.42 bits per heavy atom. The Morgan fingerprint density at radius 2 is 1.73 bits per heavy atom. The van der Waals surface area contributed by atoms with E-state index in [1.807, 2.05) is 37.3 Å². The van der Waals surface area contributed by atoms with Crippen LogP contribution in [0.2, 0.25) is 0 Å². The molecule has 1 atom stereocenters. The van der Waals surface area contributed by atoms with Crippen molar-refractivity contribution in [1.82, 2.24) is 5.32 Å². The number of nitrogens with zero attached hydrogens (tertiary/aromatic N) is 1. The highest BCUT2D eigenvalue weighted by molar-refractivity contribution is 6.04. The Bertz CT molecular complexity index is 1150. The molecular formula is C24H23N3O6. The van der Waals surface area contributed by atoms with Gasteiger partial charge in [-0.15, -0.1) is 0 Å². The zero-order chi connectivity index (χ0) is 23.8. The van der Waals surface area contributed by atoms with Crippen LogP contribution in [0, 0.1) is 10.1 Å². The van der Waals surface area contributed by atoms with Crippen LogP contribution in [0.3, 0.4) is 0 Å². The van der Waals surface area contributed by atoms with Gasteiger partial charge in [0.2, 0.25) is 5.75 Å². The lowest BCUT2D eigenvalue weighted by atomic mass is 10.1. The third-order valence-electron chi connectivity index (χ3n) is 4.81. The third kappa shape index (κ3) is 6.07. The molecule has 0 fully saturated rings. The fourth-order valence-electron chi connectivity index (χ4n) is 3.12. The zero-order valence-corrected chi connectivity index (χ0v) is 18.1. The van der Waals surface area contributed by atoms with Gasteiger partial charge in [0.15, 0.2) is 6.61 Å². The summed E-state index contributed by atoms with van der Waals surface area (Å²) in [6.45, 7) is 1.51. The van der Waals surface area contributed by atoms with E-state index in [0.29, 0.717) is 11.3 Å². The molecule has 3 rings (SSSR count). The number of methoxy groups -OCH3 is 1. The minimum atomic E-state index is -0.573. The quantitative estimate of drug-likeness (QED) is 0.375. The number of rotatable bonds is 9. The Labute approximate surface area is 190 Å². The number of carbonyl (C=O) groups is 2. The topological polar surface area (TPSA) is 120 Å². The third-order valence-corrected chi connectivity index (χ3v) is 4.81. The van der Waals surface area contributed by atoms with Gasteiger partial charge in [-0.25, -0.2) is 0 Å². The SMILES string of the molecule is COc1cc(OCC(=O)Nc2ccccc2C(=O)NC(C)c2ccccc2)ccc1[N+](=O)[O-]. The lowest BCUT2D eigenvalue weighted by Gasteiger charge is -2.16. The molecule has 170 valence electrons. The standard InChI is InChI=1S/C24H23N3O6/c1-16(17-8-4-3-5-9-17)25-24(29)19-10-6-7-11-20(19)26-23(28)15-33-18-12-13-21(27(30)31)22(14-18)32-2/h3-14,16H,15H2,1-2H3,(H,25,29)(H,26,28). The van der Waals surface area contributed by atoms with Crippen molar-refractivity contribution in [3.05, 3.63) is 94.0 Å². The first kappa shape index (κ1) is 23.3. The van der Waals surface area contributed by atoms with E-state index in [0.717, 1.165) is 5.56 Å². The van der Waals surface area contributed by atoms with Gasteiger partial charge in [0.25, 0.3) is 11.8 Å². The first-order chi connectivity index (χ1) is 15.9. The predicted molar refractivity (Wildman–Crippen MR) is 123 cm³/mol. The minimum Gasteiger partial charge on any atom is -0.490 e. The smallest absolute Gasteiger partial charge is 0.311 e. The van der Waals surface area contributed by atoms with E-state index in [4.69, 9.17) is 9.47 Å². The average molecular weight is 449 g/mol. The van der Waals surface area contributed by atoms with Gasteiger partial charge in [0.05, 0.1) is 29.3 Å². The fraction of sp³-hybridized carbons (Fsp3) is 0.167. The van der Waals surface area contributed by atoms with E-state index in [2.05, 4.69) is 10.6 Å². The molecule has 0 aliphatic heterocycles. The maximum absolute atomic E-state index is 12.8. The molecule has 0 heterocycles. The van der Waals surface area contributed by atoms with Gasteiger partial charge in [0.1, 0.15) is 5.75 Å². The van der Waals surface area contributed by atoms with Crippen LogP contribution >= 0.6 is 0 Å². The van der Waals surface area contributed by atoms with Crippen LogP contribution in [0.4, 0.5) is 11.4 Å². The first-order valence-corrected chi connectivity index (χ1v) is 10.1. The van der Waals surface area contributed by atoms with Gasteiger partial charge in [-0.2, -0.15) is 0 Å². The number of nitro groups is 1. The summed E-state index contributed by atoms with van der Waals surface area (Å²) in [5.74, 6) is -0.574. The van der Waals surface area contributed by atoms with E-state index >= 15 is 0 Å². The highest BCUT2D eigenvalue weighted by Crippen LogP contribution is 2.30. The van der Waals surface area contributed by atoms with Gasteiger partial charge < -0.3 is 20.1 Å². The van der Waals surface area contributed by atoms with Crippen LogP contribution in [-0.2, 0) is 4.79 Å². The largest absolute Gasteiger partial charge is 0.490 e. The number of para-hydroxylation sites is 1. The van der Waals surface area contributed by atoms with Crippen molar-refractivity contribution in [3.8, 4) is 11.5 Å². The second kappa shape index (κ2) is 10.8. The summed E-state index contributed by atoms with van der Waals surface area (Å²) in [6, 6.07) is 19.9. The van der Waals surface area contributed by atoms with E-state index in [9.17, 15) is 19.7 Å². The second-order valence-corrected chi connectivity index (χ2v) is 7.08. The van der Waals surface area contributed by atoms with Crippen LogP contribution < -0.4 is 20.1 Å². The summed E-state index contributed by atoms with van der Waals surface area (Å²) in [5.41, 5.74) is 1.40. The van der Waals surface area contributed by atoms with Crippen molar-refractivity contribution in [2.45, 2.75) is 13.0 Å². The Morgan fingerprint density at radius 1 is 1.03 bits per heavy atom.